The number of methoxy groups -OCH3 is 1. The fourth-order valence-corrected chi connectivity index (χ4v) is 5.01. The number of hydrogen-bond donors (Lipinski definition) is 0. The van der Waals surface area contributed by atoms with Crippen LogP contribution in [-0.2, 0) is 4.74 Å². The molecule has 5 nitrogen and oxygen atoms in total. The second-order valence-electron chi connectivity index (χ2n) is 7.68. The van der Waals surface area contributed by atoms with Gasteiger partial charge in [0.25, 0.3) is 5.91 Å². The molecule has 3 aromatic carbocycles. The normalized spacial score (nSPS) is 16.0. The van der Waals surface area contributed by atoms with Gasteiger partial charge in [-0.3, -0.25) is 9.69 Å². The molecule has 1 fully saturated rings. The number of fused-ring (bicyclic) bond motifs is 2. The molecule has 164 valence electrons. The van der Waals surface area contributed by atoms with Gasteiger partial charge in [0, 0.05) is 12.7 Å². The molecule has 0 spiro atoms. The van der Waals surface area contributed by atoms with E-state index >= 15 is 0 Å². The van der Waals surface area contributed by atoms with Crippen molar-refractivity contribution in [2.45, 2.75) is 18.9 Å². The number of aromatic nitrogens is 1. The van der Waals surface area contributed by atoms with Crippen LogP contribution in [0.3, 0.4) is 0 Å². The van der Waals surface area contributed by atoms with Crippen molar-refractivity contribution in [3.05, 3.63) is 65.7 Å². The lowest BCUT2D eigenvalue weighted by Gasteiger charge is -2.24. The summed E-state index contributed by atoms with van der Waals surface area (Å²) in [5.41, 5.74) is 0.414. The van der Waals surface area contributed by atoms with Crippen molar-refractivity contribution < 1.29 is 23.0 Å². The van der Waals surface area contributed by atoms with Crippen LogP contribution in [0.1, 0.15) is 23.2 Å². The molecule has 2 heterocycles. The van der Waals surface area contributed by atoms with Gasteiger partial charge in [0.15, 0.2) is 10.9 Å². The first-order chi connectivity index (χ1) is 15.5. The number of rotatable bonds is 5. The molecule has 1 amide bonds. The lowest BCUT2D eigenvalue weighted by Crippen LogP contribution is -2.37. The smallest absolute Gasteiger partial charge is 0.263 e. The second-order valence-corrected chi connectivity index (χ2v) is 8.69. The van der Waals surface area contributed by atoms with E-state index in [0.29, 0.717) is 27.8 Å². The van der Waals surface area contributed by atoms with Crippen LogP contribution < -0.4 is 9.64 Å². The van der Waals surface area contributed by atoms with Gasteiger partial charge in [-0.1, -0.05) is 35.6 Å². The maximum absolute atomic E-state index is 14.3. The third-order valence-electron chi connectivity index (χ3n) is 5.59. The molecule has 1 saturated heterocycles. The topological polar surface area (TPSA) is 51.7 Å². The van der Waals surface area contributed by atoms with Gasteiger partial charge in [-0.25, -0.2) is 13.8 Å². The molecule has 32 heavy (non-hydrogen) atoms. The predicted molar refractivity (Wildman–Crippen MR) is 121 cm³/mol. The van der Waals surface area contributed by atoms with Crippen LogP contribution in [0.5, 0.6) is 5.75 Å². The number of carbonyl (C=O) groups excluding carboxylic acids is 1. The molecule has 1 unspecified atom stereocenters. The van der Waals surface area contributed by atoms with E-state index in [1.807, 2.05) is 30.3 Å². The average Bonchev–Trinajstić information content (AvgIpc) is 3.46. The van der Waals surface area contributed by atoms with Crippen LogP contribution in [-0.4, -0.2) is 37.3 Å². The van der Waals surface area contributed by atoms with Crippen molar-refractivity contribution in [1.82, 2.24) is 4.98 Å². The van der Waals surface area contributed by atoms with E-state index < -0.39 is 11.6 Å². The summed E-state index contributed by atoms with van der Waals surface area (Å²) in [5.74, 6) is -1.33. The first kappa shape index (κ1) is 20.8. The zero-order chi connectivity index (χ0) is 22.2. The maximum atomic E-state index is 14.3. The highest BCUT2D eigenvalue weighted by atomic mass is 32.1. The number of ether oxygens (including phenoxy) is 2. The van der Waals surface area contributed by atoms with Gasteiger partial charge in [0.1, 0.15) is 17.1 Å². The van der Waals surface area contributed by atoms with Crippen LogP contribution in [0.2, 0.25) is 0 Å². The van der Waals surface area contributed by atoms with Crippen molar-refractivity contribution >= 4 is 43.4 Å². The Hall–Kier alpha value is -3.10. The van der Waals surface area contributed by atoms with Gasteiger partial charge in [-0.15, -0.1) is 0 Å². The molecule has 1 aromatic heterocycles. The minimum atomic E-state index is -0.754. The van der Waals surface area contributed by atoms with E-state index in [9.17, 15) is 13.6 Å². The quantitative estimate of drug-likeness (QED) is 0.396. The van der Waals surface area contributed by atoms with Crippen molar-refractivity contribution in [2.75, 3.05) is 25.2 Å². The Balaban J connectivity index is 1.61. The number of hydrogen-bond acceptors (Lipinski definition) is 5. The van der Waals surface area contributed by atoms with E-state index in [4.69, 9.17) is 9.47 Å². The largest absolute Gasteiger partial charge is 0.496 e. The summed E-state index contributed by atoms with van der Waals surface area (Å²) in [6.45, 7) is 0.893. The second kappa shape index (κ2) is 8.44. The number of anilines is 1. The third-order valence-corrected chi connectivity index (χ3v) is 6.61. The van der Waals surface area contributed by atoms with Gasteiger partial charge in [0.05, 0.1) is 30.0 Å². The Labute approximate surface area is 187 Å². The average molecular weight is 454 g/mol. The molecular formula is C24H20F2N2O3S. The Morgan fingerprint density at radius 1 is 1.22 bits per heavy atom. The van der Waals surface area contributed by atoms with Crippen molar-refractivity contribution in [3.8, 4) is 5.75 Å². The first-order valence-electron chi connectivity index (χ1n) is 10.3. The summed E-state index contributed by atoms with van der Waals surface area (Å²) in [6.07, 6.45) is 1.57. The highest BCUT2D eigenvalue weighted by molar-refractivity contribution is 7.22. The summed E-state index contributed by atoms with van der Waals surface area (Å²) in [4.78, 5) is 19.6. The lowest BCUT2D eigenvalue weighted by atomic mass is 10.0. The molecule has 8 heteroatoms. The zero-order valence-electron chi connectivity index (χ0n) is 17.3. The van der Waals surface area contributed by atoms with Crippen molar-refractivity contribution in [2.24, 2.45) is 0 Å². The fourth-order valence-electron chi connectivity index (χ4n) is 4.00. The number of thiazole rings is 1. The van der Waals surface area contributed by atoms with E-state index in [1.54, 1.807) is 6.07 Å². The Bertz CT molecular complexity index is 1320. The van der Waals surface area contributed by atoms with Crippen molar-refractivity contribution in [1.29, 1.82) is 0 Å². The van der Waals surface area contributed by atoms with Gasteiger partial charge >= 0.3 is 0 Å². The predicted octanol–water partition coefficient (Wildman–Crippen LogP) is 5.56. The summed E-state index contributed by atoms with van der Waals surface area (Å²) >= 11 is 1.07. The van der Waals surface area contributed by atoms with Crippen LogP contribution in [0.15, 0.2) is 48.5 Å². The minimum Gasteiger partial charge on any atom is -0.496 e. The summed E-state index contributed by atoms with van der Waals surface area (Å²) in [5, 5.41) is 2.13. The van der Waals surface area contributed by atoms with Crippen LogP contribution in [0, 0.1) is 11.6 Å². The Kier molecular flexibility index (Phi) is 5.48. The van der Waals surface area contributed by atoms with Crippen LogP contribution in [0.4, 0.5) is 13.9 Å². The molecule has 0 radical (unpaired) electrons. The molecule has 4 aromatic rings. The molecule has 0 bridgehead atoms. The van der Waals surface area contributed by atoms with E-state index in [2.05, 4.69) is 4.98 Å². The Morgan fingerprint density at radius 3 is 2.72 bits per heavy atom. The van der Waals surface area contributed by atoms with E-state index in [0.717, 1.165) is 41.0 Å². The summed E-state index contributed by atoms with van der Waals surface area (Å²) in [6, 6.07) is 13.3. The molecule has 1 aliphatic heterocycles. The van der Waals surface area contributed by atoms with Gasteiger partial charge in [0.2, 0.25) is 0 Å². The number of amides is 1. The molecule has 0 N–H and O–H groups in total. The lowest BCUT2D eigenvalue weighted by molar-refractivity contribution is 0.0915. The number of halogens is 2. The van der Waals surface area contributed by atoms with Crippen molar-refractivity contribution in [3.63, 3.8) is 0 Å². The van der Waals surface area contributed by atoms with E-state index in [1.165, 1.54) is 18.1 Å². The van der Waals surface area contributed by atoms with Gasteiger partial charge in [-0.05, 0) is 41.8 Å². The molecule has 0 aliphatic carbocycles. The highest BCUT2D eigenvalue weighted by Crippen LogP contribution is 2.35. The number of carbonyl (C=O) groups is 1. The maximum Gasteiger partial charge on any atom is 0.263 e. The third kappa shape index (κ3) is 3.80. The molecule has 0 saturated carbocycles. The van der Waals surface area contributed by atoms with Crippen LogP contribution >= 0.6 is 11.3 Å². The molecule has 5 rings (SSSR count). The number of benzene rings is 3. The van der Waals surface area contributed by atoms with Gasteiger partial charge in [-0.2, -0.15) is 0 Å². The standard InChI is InChI=1S/C24H20F2N2O3S/c1-30-20-10-15-6-3-2-5-14(15)9-18(20)23(29)28(13-17-7-4-8-31-17)24-27-22-19(26)11-16(25)12-21(22)32-24/h2-3,5-6,9-12,17H,4,7-8,13H2,1H3. The molecular weight excluding hydrogens is 434 g/mol. The summed E-state index contributed by atoms with van der Waals surface area (Å²) < 4.78 is 39.6. The fraction of sp³-hybridized carbons (Fsp3) is 0.250. The SMILES string of the molecule is COc1cc2ccccc2cc1C(=O)N(CC1CCCO1)c1nc2c(F)cc(F)cc2s1. The van der Waals surface area contributed by atoms with Gasteiger partial charge < -0.3 is 9.47 Å². The molecule has 1 aliphatic rings. The number of nitrogens with zero attached hydrogens (tertiary/aromatic N) is 2. The summed E-state index contributed by atoms with van der Waals surface area (Å²) in [7, 11) is 1.52. The first-order valence-corrected chi connectivity index (χ1v) is 11.1. The van der Waals surface area contributed by atoms with Crippen LogP contribution in [0.25, 0.3) is 21.0 Å². The monoisotopic (exact) mass is 454 g/mol. The highest BCUT2D eigenvalue weighted by Gasteiger charge is 2.29. The Morgan fingerprint density at radius 2 is 2.00 bits per heavy atom. The van der Waals surface area contributed by atoms with E-state index in [-0.39, 0.29) is 24.1 Å². The zero-order valence-corrected chi connectivity index (χ0v) is 18.1. The minimum absolute atomic E-state index is 0.0435. The molecule has 1 atom stereocenters.